The molecule has 4 heteroatoms. The lowest BCUT2D eigenvalue weighted by atomic mass is 10.1. The van der Waals surface area contributed by atoms with Crippen LogP contribution < -0.4 is 5.32 Å². The molecule has 2 aromatic rings. The van der Waals surface area contributed by atoms with Crippen molar-refractivity contribution >= 4 is 16.8 Å². The van der Waals surface area contributed by atoms with Crippen LogP contribution in [0.2, 0.25) is 0 Å². The van der Waals surface area contributed by atoms with E-state index in [2.05, 4.69) is 10.5 Å². The first-order valence-corrected chi connectivity index (χ1v) is 6.10. The van der Waals surface area contributed by atoms with Gasteiger partial charge in [-0.15, -0.1) is 0 Å². The number of aliphatic hydroxyl groups excluding tert-OH is 1. The summed E-state index contributed by atoms with van der Waals surface area (Å²) >= 11 is 0. The zero-order valence-electron chi connectivity index (χ0n) is 9.60. The van der Waals surface area contributed by atoms with Crippen LogP contribution in [0.25, 0.3) is 11.0 Å². The second-order valence-corrected chi connectivity index (χ2v) is 4.65. The lowest BCUT2D eigenvalue weighted by Gasteiger charge is -2.18. The largest absolute Gasteiger partial charge is 0.396 e. The first kappa shape index (κ1) is 10.6. The molecule has 3 rings (SSSR count). The smallest absolute Gasteiger partial charge is 0.177 e. The maximum atomic E-state index is 9.29. The molecule has 1 saturated carbocycles. The summed E-state index contributed by atoms with van der Waals surface area (Å²) in [6, 6.07) is 8.13. The summed E-state index contributed by atoms with van der Waals surface area (Å²) in [5.74, 6) is 1.14. The van der Waals surface area contributed by atoms with E-state index in [0.29, 0.717) is 12.0 Å². The van der Waals surface area contributed by atoms with Crippen LogP contribution in [0.5, 0.6) is 0 Å². The zero-order valence-corrected chi connectivity index (χ0v) is 9.60. The van der Waals surface area contributed by atoms with Gasteiger partial charge in [0.1, 0.15) is 0 Å². The van der Waals surface area contributed by atoms with E-state index in [0.717, 1.165) is 29.6 Å². The molecule has 0 bridgehead atoms. The van der Waals surface area contributed by atoms with Gasteiger partial charge in [0, 0.05) is 18.6 Å². The molecule has 2 unspecified atom stereocenters. The van der Waals surface area contributed by atoms with E-state index in [4.69, 9.17) is 4.52 Å². The van der Waals surface area contributed by atoms with Crippen molar-refractivity contribution in [3.63, 3.8) is 0 Å². The lowest BCUT2D eigenvalue weighted by Crippen LogP contribution is -2.26. The zero-order chi connectivity index (χ0) is 11.7. The van der Waals surface area contributed by atoms with Crippen LogP contribution >= 0.6 is 0 Å². The minimum atomic E-state index is 0.244. The van der Waals surface area contributed by atoms with Crippen molar-refractivity contribution in [1.82, 2.24) is 5.16 Å². The molecule has 1 aromatic carbocycles. The molecule has 0 spiro atoms. The van der Waals surface area contributed by atoms with Crippen molar-refractivity contribution in [1.29, 1.82) is 0 Å². The number of hydrogen-bond donors (Lipinski definition) is 2. The van der Waals surface area contributed by atoms with E-state index in [1.165, 1.54) is 6.42 Å². The van der Waals surface area contributed by atoms with Gasteiger partial charge in [-0.1, -0.05) is 23.7 Å². The topological polar surface area (TPSA) is 58.3 Å². The second-order valence-electron chi connectivity index (χ2n) is 4.65. The molecule has 0 amide bonds. The summed E-state index contributed by atoms with van der Waals surface area (Å²) in [6.07, 6.45) is 3.34. The Labute approximate surface area is 99.6 Å². The molecule has 1 aromatic heterocycles. The molecule has 90 valence electrons. The fourth-order valence-electron chi connectivity index (χ4n) is 2.61. The minimum absolute atomic E-state index is 0.244. The van der Waals surface area contributed by atoms with Crippen molar-refractivity contribution in [3.8, 4) is 0 Å². The number of aliphatic hydroxyl groups is 1. The number of fused-ring (bicyclic) bond motifs is 1. The van der Waals surface area contributed by atoms with E-state index in [9.17, 15) is 5.11 Å². The highest BCUT2D eigenvalue weighted by molar-refractivity contribution is 5.87. The first-order chi connectivity index (χ1) is 8.38. The molecule has 17 heavy (non-hydrogen) atoms. The molecule has 4 nitrogen and oxygen atoms in total. The van der Waals surface area contributed by atoms with Gasteiger partial charge in [-0.05, 0) is 25.0 Å². The van der Waals surface area contributed by atoms with Gasteiger partial charge in [-0.25, -0.2) is 0 Å². The molecule has 2 N–H and O–H groups in total. The Bertz CT molecular complexity index is 509. The van der Waals surface area contributed by atoms with Gasteiger partial charge in [-0.2, -0.15) is 0 Å². The second kappa shape index (κ2) is 4.37. The van der Waals surface area contributed by atoms with Crippen molar-refractivity contribution < 1.29 is 9.63 Å². The molecule has 1 fully saturated rings. The van der Waals surface area contributed by atoms with Crippen LogP contribution in [0.1, 0.15) is 19.3 Å². The quantitative estimate of drug-likeness (QED) is 0.853. The Morgan fingerprint density at radius 1 is 1.35 bits per heavy atom. The average molecular weight is 232 g/mol. The summed E-state index contributed by atoms with van der Waals surface area (Å²) < 4.78 is 5.25. The number of para-hydroxylation sites is 1. The van der Waals surface area contributed by atoms with Gasteiger partial charge in [-0.3, -0.25) is 0 Å². The number of nitrogens with zero attached hydrogens (tertiary/aromatic N) is 1. The summed E-state index contributed by atoms with van der Waals surface area (Å²) in [5, 5.41) is 17.8. The van der Waals surface area contributed by atoms with Gasteiger partial charge in [0.15, 0.2) is 11.4 Å². The summed E-state index contributed by atoms with van der Waals surface area (Å²) in [6.45, 7) is 0.244. The summed E-state index contributed by atoms with van der Waals surface area (Å²) in [7, 11) is 0. The Balaban J connectivity index is 1.85. The van der Waals surface area contributed by atoms with Crippen LogP contribution in [-0.2, 0) is 0 Å². The first-order valence-electron chi connectivity index (χ1n) is 6.10. The number of rotatable bonds is 3. The number of anilines is 1. The van der Waals surface area contributed by atoms with Gasteiger partial charge in [0.25, 0.3) is 0 Å². The van der Waals surface area contributed by atoms with E-state index >= 15 is 0 Å². The number of hydrogen-bond acceptors (Lipinski definition) is 4. The van der Waals surface area contributed by atoms with Crippen molar-refractivity contribution in [2.45, 2.75) is 25.3 Å². The Morgan fingerprint density at radius 3 is 3.12 bits per heavy atom. The number of benzene rings is 1. The molecule has 0 radical (unpaired) electrons. The highest BCUT2D eigenvalue weighted by Gasteiger charge is 2.27. The van der Waals surface area contributed by atoms with Crippen molar-refractivity contribution in [2.75, 3.05) is 11.9 Å². The van der Waals surface area contributed by atoms with Gasteiger partial charge >= 0.3 is 0 Å². The fraction of sp³-hybridized carbons (Fsp3) is 0.462. The Hall–Kier alpha value is -1.55. The molecule has 0 saturated heterocycles. The predicted molar refractivity (Wildman–Crippen MR) is 65.8 cm³/mol. The van der Waals surface area contributed by atoms with E-state index in [1.54, 1.807) is 0 Å². The third-order valence-corrected chi connectivity index (χ3v) is 3.59. The van der Waals surface area contributed by atoms with E-state index in [1.807, 2.05) is 24.3 Å². The van der Waals surface area contributed by atoms with Crippen LogP contribution in [0.4, 0.5) is 5.82 Å². The van der Waals surface area contributed by atoms with E-state index < -0.39 is 0 Å². The van der Waals surface area contributed by atoms with Crippen molar-refractivity contribution in [3.05, 3.63) is 24.3 Å². The molecule has 1 heterocycles. The standard InChI is InChI=1S/C13H16N2O2/c16-8-9-4-3-6-11(9)14-13-10-5-1-2-7-12(10)17-15-13/h1-2,5,7,9,11,16H,3-4,6,8H2,(H,14,15). The number of aromatic nitrogens is 1. The van der Waals surface area contributed by atoms with Gasteiger partial charge in [0.05, 0.1) is 5.39 Å². The highest BCUT2D eigenvalue weighted by atomic mass is 16.5. The molecule has 1 aliphatic carbocycles. The Morgan fingerprint density at radius 2 is 2.24 bits per heavy atom. The maximum absolute atomic E-state index is 9.29. The number of nitrogens with one attached hydrogen (secondary N) is 1. The third kappa shape index (κ3) is 1.89. The molecular weight excluding hydrogens is 216 g/mol. The molecular formula is C13H16N2O2. The normalized spacial score (nSPS) is 24.3. The Kier molecular flexibility index (Phi) is 2.73. The fourth-order valence-corrected chi connectivity index (χ4v) is 2.61. The minimum Gasteiger partial charge on any atom is -0.396 e. The van der Waals surface area contributed by atoms with Crippen LogP contribution in [0, 0.1) is 5.92 Å². The maximum Gasteiger partial charge on any atom is 0.177 e. The average Bonchev–Trinajstić information content (AvgIpc) is 2.97. The highest BCUT2D eigenvalue weighted by Crippen LogP contribution is 2.30. The molecule has 2 atom stereocenters. The SMILES string of the molecule is OCC1CCCC1Nc1noc2ccccc12. The van der Waals surface area contributed by atoms with Gasteiger partial charge in [0.2, 0.25) is 0 Å². The van der Waals surface area contributed by atoms with Crippen LogP contribution in [-0.4, -0.2) is 22.9 Å². The third-order valence-electron chi connectivity index (χ3n) is 3.59. The van der Waals surface area contributed by atoms with E-state index in [-0.39, 0.29) is 6.61 Å². The lowest BCUT2D eigenvalue weighted by molar-refractivity contribution is 0.222. The van der Waals surface area contributed by atoms with Gasteiger partial charge < -0.3 is 14.9 Å². The molecule has 0 aliphatic heterocycles. The summed E-state index contributed by atoms with van der Waals surface area (Å²) in [5.41, 5.74) is 0.800. The van der Waals surface area contributed by atoms with Crippen molar-refractivity contribution in [2.24, 2.45) is 5.92 Å². The van der Waals surface area contributed by atoms with Crippen LogP contribution in [0.15, 0.2) is 28.8 Å². The molecule has 1 aliphatic rings. The predicted octanol–water partition coefficient (Wildman–Crippen LogP) is 2.40. The summed E-state index contributed by atoms with van der Waals surface area (Å²) in [4.78, 5) is 0. The van der Waals surface area contributed by atoms with Crippen LogP contribution in [0.3, 0.4) is 0 Å². The monoisotopic (exact) mass is 232 g/mol.